The van der Waals surface area contributed by atoms with Gasteiger partial charge < -0.3 is 9.26 Å². The Bertz CT molecular complexity index is 350. The SMILES string of the molecule is CCOC(=O)c1cc([C@@H]2C[C@H]2F)on1. The van der Waals surface area contributed by atoms with Crippen molar-refractivity contribution in [2.24, 2.45) is 0 Å². The van der Waals surface area contributed by atoms with E-state index in [0.29, 0.717) is 12.2 Å². The molecule has 0 unspecified atom stereocenters. The van der Waals surface area contributed by atoms with Crippen LogP contribution in [0.15, 0.2) is 10.6 Å². The van der Waals surface area contributed by atoms with Crippen LogP contribution in [-0.4, -0.2) is 23.9 Å². The van der Waals surface area contributed by atoms with Crippen LogP contribution in [0.3, 0.4) is 0 Å². The molecular weight excluding hydrogens is 189 g/mol. The maximum absolute atomic E-state index is 12.6. The number of hydrogen-bond donors (Lipinski definition) is 0. The molecule has 0 amide bonds. The van der Waals surface area contributed by atoms with Crippen LogP contribution in [0.25, 0.3) is 0 Å². The maximum Gasteiger partial charge on any atom is 0.360 e. The second-order valence-electron chi connectivity index (χ2n) is 3.19. The third-order valence-corrected chi connectivity index (χ3v) is 2.09. The van der Waals surface area contributed by atoms with Gasteiger partial charge in [0, 0.05) is 6.07 Å². The molecule has 4 nitrogen and oxygen atoms in total. The molecule has 0 saturated heterocycles. The highest BCUT2D eigenvalue weighted by Gasteiger charge is 2.42. The lowest BCUT2D eigenvalue weighted by atomic mass is 10.3. The van der Waals surface area contributed by atoms with Gasteiger partial charge in [-0.1, -0.05) is 5.16 Å². The van der Waals surface area contributed by atoms with Gasteiger partial charge in [0.1, 0.15) is 11.9 Å². The summed E-state index contributed by atoms with van der Waals surface area (Å²) in [6, 6.07) is 1.45. The zero-order valence-electron chi connectivity index (χ0n) is 7.70. The second-order valence-corrected chi connectivity index (χ2v) is 3.19. The van der Waals surface area contributed by atoms with Gasteiger partial charge in [0.25, 0.3) is 0 Å². The predicted octanol–water partition coefficient (Wildman–Crippen LogP) is 1.68. The zero-order chi connectivity index (χ0) is 10.1. The fraction of sp³-hybridized carbons (Fsp3) is 0.556. The zero-order valence-corrected chi connectivity index (χ0v) is 7.70. The van der Waals surface area contributed by atoms with Crippen LogP contribution in [-0.2, 0) is 4.74 Å². The van der Waals surface area contributed by atoms with E-state index in [2.05, 4.69) is 5.16 Å². The smallest absolute Gasteiger partial charge is 0.360 e. The fourth-order valence-corrected chi connectivity index (χ4v) is 1.22. The van der Waals surface area contributed by atoms with Gasteiger partial charge in [-0.2, -0.15) is 0 Å². The molecule has 5 heteroatoms. The highest BCUT2D eigenvalue weighted by Crippen LogP contribution is 2.43. The summed E-state index contributed by atoms with van der Waals surface area (Å²) in [6.45, 7) is 1.99. The van der Waals surface area contributed by atoms with E-state index in [1.165, 1.54) is 6.07 Å². The van der Waals surface area contributed by atoms with Crippen molar-refractivity contribution in [2.45, 2.75) is 25.4 Å². The summed E-state index contributed by atoms with van der Waals surface area (Å²) < 4.78 is 22.2. The van der Waals surface area contributed by atoms with Crippen molar-refractivity contribution < 1.29 is 18.4 Å². The molecule has 1 heterocycles. The molecule has 0 bridgehead atoms. The Hall–Kier alpha value is -1.39. The number of alkyl halides is 1. The van der Waals surface area contributed by atoms with Crippen molar-refractivity contribution in [2.75, 3.05) is 6.61 Å². The van der Waals surface area contributed by atoms with E-state index >= 15 is 0 Å². The maximum atomic E-state index is 12.6. The molecule has 1 aromatic heterocycles. The van der Waals surface area contributed by atoms with Crippen molar-refractivity contribution in [3.05, 3.63) is 17.5 Å². The van der Waals surface area contributed by atoms with Gasteiger partial charge in [-0.3, -0.25) is 0 Å². The number of esters is 1. The van der Waals surface area contributed by atoms with Gasteiger partial charge >= 0.3 is 5.97 Å². The Morgan fingerprint density at radius 2 is 2.57 bits per heavy atom. The topological polar surface area (TPSA) is 52.3 Å². The molecule has 0 spiro atoms. The second kappa shape index (κ2) is 3.40. The minimum Gasteiger partial charge on any atom is -0.461 e. The number of carbonyl (C=O) groups excluding carboxylic acids is 1. The summed E-state index contributed by atoms with van der Waals surface area (Å²) in [5, 5.41) is 3.51. The van der Waals surface area contributed by atoms with Gasteiger partial charge in [0.15, 0.2) is 5.69 Å². The number of carbonyl (C=O) groups is 1. The largest absolute Gasteiger partial charge is 0.461 e. The Kier molecular flexibility index (Phi) is 2.23. The van der Waals surface area contributed by atoms with Crippen LogP contribution >= 0.6 is 0 Å². The summed E-state index contributed by atoms with van der Waals surface area (Å²) in [5.74, 6) is -0.315. The highest BCUT2D eigenvalue weighted by molar-refractivity contribution is 5.87. The number of halogens is 1. The van der Waals surface area contributed by atoms with Gasteiger partial charge in [-0.15, -0.1) is 0 Å². The van der Waals surface area contributed by atoms with Gasteiger partial charge in [-0.05, 0) is 13.3 Å². The lowest BCUT2D eigenvalue weighted by Crippen LogP contribution is -2.04. The minimum absolute atomic E-state index is 0.112. The molecule has 0 radical (unpaired) electrons. The first-order valence-electron chi connectivity index (χ1n) is 4.50. The van der Waals surface area contributed by atoms with E-state index in [4.69, 9.17) is 9.26 Å². The Morgan fingerprint density at radius 1 is 1.86 bits per heavy atom. The molecule has 1 saturated carbocycles. The van der Waals surface area contributed by atoms with Crippen LogP contribution in [0.5, 0.6) is 0 Å². The quantitative estimate of drug-likeness (QED) is 0.695. The van der Waals surface area contributed by atoms with E-state index in [9.17, 15) is 9.18 Å². The van der Waals surface area contributed by atoms with E-state index in [-0.39, 0.29) is 18.2 Å². The monoisotopic (exact) mass is 199 g/mol. The van der Waals surface area contributed by atoms with Crippen molar-refractivity contribution in [3.8, 4) is 0 Å². The number of ether oxygens (including phenoxy) is 1. The molecule has 76 valence electrons. The first-order valence-corrected chi connectivity index (χ1v) is 4.50. The van der Waals surface area contributed by atoms with Crippen LogP contribution in [0, 0.1) is 0 Å². The molecule has 0 aliphatic heterocycles. The molecular formula is C9H10FNO3. The average Bonchev–Trinajstić information content (AvgIpc) is 2.70. The lowest BCUT2D eigenvalue weighted by Gasteiger charge is -1.94. The third-order valence-electron chi connectivity index (χ3n) is 2.09. The van der Waals surface area contributed by atoms with Crippen molar-refractivity contribution in [1.82, 2.24) is 5.16 Å². The Morgan fingerprint density at radius 3 is 3.14 bits per heavy atom. The highest BCUT2D eigenvalue weighted by atomic mass is 19.1. The van der Waals surface area contributed by atoms with Crippen molar-refractivity contribution in [1.29, 1.82) is 0 Å². The molecule has 1 fully saturated rings. The molecule has 1 aromatic rings. The molecule has 1 aliphatic rings. The number of hydrogen-bond acceptors (Lipinski definition) is 4. The van der Waals surface area contributed by atoms with Crippen LogP contribution < -0.4 is 0 Å². The van der Waals surface area contributed by atoms with Crippen LogP contribution in [0.1, 0.15) is 35.5 Å². The summed E-state index contributed by atoms with van der Waals surface area (Å²) in [6.07, 6.45) is -0.393. The first kappa shape index (κ1) is 9.18. The van der Waals surface area contributed by atoms with E-state index < -0.39 is 12.1 Å². The summed E-state index contributed by atoms with van der Waals surface area (Å²) in [7, 11) is 0. The molecule has 14 heavy (non-hydrogen) atoms. The van der Waals surface area contributed by atoms with Gasteiger partial charge in [0.2, 0.25) is 0 Å². The lowest BCUT2D eigenvalue weighted by molar-refractivity contribution is 0.0514. The number of nitrogens with zero attached hydrogens (tertiary/aromatic N) is 1. The Labute approximate surface area is 80.0 Å². The fourth-order valence-electron chi connectivity index (χ4n) is 1.22. The molecule has 1 aliphatic carbocycles. The van der Waals surface area contributed by atoms with E-state index in [0.717, 1.165) is 0 Å². The van der Waals surface area contributed by atoms with E-state index in [1.807, 2.05) is 0 Å². The first-order chi connectivity index (χ1) is 6.72. The number of rotatable bonds is 3. The molecule has 0 aromatic carbocycles. The summed E-state index contributed by atoms with van der Waals surface area (Å²) >= 11 is 0. The van der Waals surface area contributed by atoms with Gasteiger partial charge in [0.05, 0.1) is 12.5 Å². The molecule has 2 rings (SSSR count). The van der Waals surface area contributed by atoms with Crippen molar-refractivity contribution in [3.63, 3.8) is 0 Å². The minimum atomic E-state index is -0.849. The van der Waals surface area contributed by atoms with Gasteiger partial charge in [-0.25, -0.2) is 9.18 Å². The predicted molar refractivity (Wildman–Crippen MR) is 44.7 cm³/mol. The normalized spacial score (nSPS) is 24.7. The summed E-state index contributed by atoms with van der Waals surface area (Å²) in [4.78, 5) is 11.1. The van der Waals surface area contributed by atoms with E-state index in [1.54, 1.807) is 6.92 Å². The van der Waals surface area contributed by atoms with Crippen LogP contribution in [0.2, 0.25) is 0 Å². The van der Waals surface area contributed by atoms with Crippen molar-refractivity contribution >= 4 is 5.97 Å². The molecule has 2 atom stereocenters. The van der Waals surface area contributed by atoms with Crippen LogP contribution in [0.4, 0.5) is 4.39 Å². The molecule has 0 N–H and O–H groups in total. The third kappa shape index (κ3) is 1.62. The Balaban J connectivity index is 2.06. The average molecular weight is 199 g/mol. The number of aromatic nitrogens is 1. The summed E-state index contributed by atoms with van der Waals surface area (Å²) in [5.41, 5.74) is 0.112. The standard InChI is InChI=1S/C9H10FNO3/c1-2-13-9(12)7-4-8(14-11-7)5-3-6(5)10/h4-6H,2-3H2,1H3/t5-,6-/m1/s1.